The summed E-state index contributed by atoms with van der Waals surface area (Å²) < 4.78 is 44.5. The van der Waals surface area contributed by atoms with Gasteiger partial charge >= 0.3 is 18.0 Å². The Morgan fingerprint density at radius 2 is 2.10 bits per heavy atom. The van der Waals surface area contributed by atoms with Crippen LogP contribution in [0.1, 0.15) is 12.6 Å². The third-order valence-corrected chi connectivity index (χ3v) is 2.07. The minimum atomic E-state index is -5.24. The first-order valence-electron chi connectivity index (χ1n) is 5.46. The molecule has 0 radical (unpaired) electrons. The first kappa shape index (κ1) is 16.5. The number of alkyl halides is 3. The summed E-state index contributed by atoms with van der Waals surface area (Å²) >= 11 is 0. The van der Waals surface area contributed by atoms with Crippen molar-refractivity contribution in [2.45, 2.75) is 19.7 Å². The van der Waals surface area contributed by atoms with Crippen molar-refractivity contribution in [3.63, 3.8) is 0 Å². The molecule has 0 spiro atoms. The van der Waals surface area contributed by atoms with Gasteiger partial charge in [-0.2, -0.15) is 0 Å². The summed E-state index contributed by atoms with van der Waals surface area (Å²) in [5.74, 6) is -2.21. The largest absolute Gasteiger partial charge is 0.574 e. The van der Waals surface area contributed by atoms with Crippen LogP contribution in [0, 0.1) is 10.1 Å². The zero-order chi connectivity index (χ0) is 16.2. The third kappa shape index (κ3) is 4.78. The quantitative estimate of drug-likeness (QED) is 0.498. The number of hydrogen-bond acceptors (Lipinski definition) is 6. The van der Waals surface area contributed by atoms with Gasteiger partial charge in [0, 0.05) is 11.8 Å². The summed E-state index contributed by atoms with van der Waals surface area (Å²) in [5.41, 5.74) is -3.03. The number of nitro groups is 1. The van der Waals surface area contributed by atoms with Crippen molar-refractivity contribution in [3.05, 3.63) is 32.1 Å². The van der Waals surface area contributed by atoms with Gasteiger partial charge in [-0.15, -0.1) is 13.2 Å². The molecule has 0 unspecified atom stereocenters. The Hall–Kier alpha value is -2.59. The summed E-state index contributed by atoms with van der Waals surface area (Å²) in [5, 5.41) is 10.6. The Balaban J connectivity index is 3.24. The second kappa shape index (κ2) is 6.24. The van der Waals surface area contributed by atoms with Gasteiger partial charge in [0.1, 0.15) is 0 Å². The number of nitrogens with zero attached hydrogens (tertiary/aromatic N) is 1. The number of aromatic amines is 1. The number of esters is 1. The molecule has 11 heteroatoms. The van der Waals surface area contributed by atoms with Gasteiger partial charge in [0.15, 0.2) is 0 Å². The van der Waals surface area contributed by atoms with E-state index in [-0.39, 0.29) is 12.3 Å². The normalized spacial score (nSPS) is 11.0. The summed E-state index contributed by atoms with van der Waals surface area (Å²) in [4.78, 5) is 33.9. The number of nitrogens with one attached hydrogen (secondary N) is 1. The molecule has 0 bridgehead atoms. The highest BCUT2D eigenvalue weighted by molar-refractivity contribution is 5.72. The highest BCUT2D eigenvalue weighted by Gasteiger charge is 2.36. The fourth-order valence-electron chi connectivity index (χ4n) is 1.40. The second-order valence-corrected chi connectivity index (χ2v) is 3.62. The van der Waals surface area contributed by atoms with Crippen LogP contribution < -0.4 is 10.2 Å². The Morgan fingerprint density at radius 3 is 2.57 bits per heavy atom. The molecule has 0 aromatic carbocycles. The van der Waals surface area contributed by atoms with Gasteiger partial charge in [-0.05, 0) is 6.92 Å². The molecule has 0 fully saturated rings. The lowest BCUT2D eigenvalue weighted by Crippen LogP contribution is -2.22. The van der Waals surface area contributed by atoms with Crippen LogP contribution in [0.5, 0.6) is 5.88 Å². The van der Waals surface area contributed by atoms with Gasteiger partial charge in [-0.3, -0.25) is 19.7 Å². The fraction of sp³-hybridized carbons (Fsp3) is 0.400. The number of pyridine rings is 1. The van der Waals surface area contributed by atoms with E-state index in [0.29, 0.717) is 6.07 Å². The lowest BCUT2D eigenvalue weighted by molar-refractivity contribution is -0.390. The number of ether oxygens (including phenoxy) is 2. The third-order valence-electron chi connectivity index (χ3n) is 2.07. The van der Waals surface area contributed by atoms with Gasteiger partial charge in [0.25, 0.3) is 11.3 Å². The molecule has 21 heavy (non-hydrogen) atoms. The van der Waals surface area contributed by atoms with E-state index in [0.717, 1.165) is 0 Å². The minimum absolute atomic E-state index is 0.0297. The minimum Gasteiger partial charge on any atom is -0.466 e. The lowest BCUT2D eigenvalue weighted by atomic mass is 10.2. The van der Waals surface area contributed by atoms with E-state index in [9.17, 15) is 32.9 Å². The first-order chi connectivity index (χ1) is 9.64. The molecular weight excluding hydrogens is 301 g/mol. The Kier molecular flexibility index (Phi) is 4.89. The molecule has 1 aromatic heterocycles. The molecule has 1 heterocycles. The maximum Gasteiger partial charge on any atom is 0.574 e. The Labute approximate surface area is 114 Å². The predicted molar refractivity (Wildman–Crippen MR) is 60.7 cm³/mol. The van der Waals surface area contributed by atoms with Crippen molar-refractivity contribution in [3.8, 4) is 5.88 Å². The molecule has 0 saturated heterocycles. The average Bonchev–Trinajstić information content (AvgIpc) is 2.24. The summed E-state index contributed by atoms with van der Waals surface area (Å²) in [6.45, 7) is 1.54. The van der Waals surface area contributed by atoms with Crippen molar-refractivity contribution >= 4 is 11.7 Å². The number of halogens is 3. The van der Waals surface area contributed by atoms with Gasteiger partial charge in [0.2, 0.25) is 0 Å². The zero-order valence-corrected chi connectivity index (χ0v) is 10.5. The summed E-state index contributed by atoms with van der Waals surface area (Å²) in [6.07, 6.45) is -5.80. The number of hydrogen-bond donors (Lipinski definition) is 1. The molecule has 8 nitrogen and oxygen atoms in total. The van der Waals surface area contributed by atoms with Gasteiger partial charge in [0.05, 0.1) is 18.0 Å². The number of H-pyrrole nitrogens is 1. The molecule has 0 aliphatic heterocycles. The van der Waals surface area contributed by atoms with Crippen LogP contribution in [-0.4, -0.2) is 28.8 Å². The summed E-state index contributed by atoms with van der Waals surface area (Å²) in [6, 6.07) is 0.637. The zero-order valence-electron chi connectivity index (χ0n) is 10.5. The Bertz CT molecular complexity index is 610. The van der Waals surface area contributed by atoms with Crippen molar-refractivity contribution in [2.24, 2.45) is 0 Å². The van der Waals surface area contributed by atoms with E-state index in [4.69, 9.17) is 0 Å². The van der Waals surface area contributed by atoms with Crippen molar-refractivity contribution in [2.75, 3.05) is 6.61 Å². The van der Waals surface area contributed by atoms with Crippen LogP contribution in [0.3, 0.4) is 0 Å². The van der Waals surface area contributed by atoms with Crippen LogP contribution in [0.15, 0.2) is 10.9 Å². The van der Waals surface area contributed by atoms with Crippen molar-refractivity contribution < 1.29 is 32.4 Å². The summed E-state index contributed by atoms with van der Waals surface area (Å²) in [7, 11) is 0. The molecular formula is C10H9F3N2O6. The number of rotatable bonds is 5. The van der Waals surface area contributed by atoms with Crippen molar-refractivity contribution in [1.82, 2.24) is 4.98 Å². The van der Waals surface area contributed by atoms with Crippen LogP contribution in [0.4, 0.5) is 18.9 Å². The molecule has 1 rings (SSSR count). The maximum atomic E-state index is 12.2. The highest BCUT2D eigenvalue weighted by atomic mass is 19.4. The molecule has 1 aromatic rings. The van der Waals surface area contributed by atoms with Gasteiger partial charge < -0.3 is 14.5 Å². The molecule has 116 valence electrons. The van der Waals surface area contributed by atoms with E-state index in [1.54, 1.807) is 0 Å². The van der Waals surface area contributed by atoms with Crippen LogP contribution in [-0.2, 0) is 16.0 Å². The molecule has 0 amide bonds. The second-order valence-electron chi connectivity index (χ2n) is 3.62. The SMILES string of the molecule is CCOC(=O)Cc1cc(=O)c([N+](=O)[O-])c(OC(F)(F)F)[nH]1. The standard InChI is InChI=1S/C10H9F3N2O6/c1-2-20-7(17)4-5-3-6(16)8(15(18)19)9(14-5)21-10(11,12)13/h3H,2,4H2,1H3,(H,14,16). The molecule has 0 saturated carbocycles. The monoisotopic (exact) mass is 310 g/mol. The van der Waals surface area contributed by atoms with Crippen LogP contribution in [0.25, 0.3) is 0 Å². The van der Waals surface area contributed by atoms with E-state index in [2.05, 4.69) is 9.47 Å². The number of carbonyl (C=O) groups excluding carboxylic acids is 1. The lowest BCUT2D eigenvalue weighted by Gasteiger charge is -2.10. The highest BCUT2D eigenvalue weighted by Crippen LogP contribution is 2.27. The smallest absolute Gasteiger partial charge is 0.466 e. The Morgan fingerprint density at radius 1 is 1.48 bits per heavy atom. The van der Waals surface area contributed by atoms with Crippen LogP contribution in [0.2, 0.25) is 0 Å². The molecule has 0 aliphatic rings. The average molecular weight is 310 g/mol. The number of aromatic nitrogens is 1. The van der Waals surface area contributed by atoms with Crippen LogP contribution >= 0.6 is 0 Å². The van der Waals surface area contributed by atoms with E-state index in [1.807, 2.05) is 4.98 Å². The number of carbonyl (C=O) groups is 1. The first-order valence-corrected chi connectivity index (χ1v) is 5.46. The topological polar surface area (TPSA) is 112 Å². The van der Waals surface area contributed by atoms with Gasteiger partial charge in [-0.1, -0.05) is 0 Å². The van der Waals surface area contributed by atoms with E-state index in [1.165, 1.54) is 6.92 Å². The van der Waals surface area contributed by atoms with Crippen molar-refractivity contribution in [1.29, 1.82) is 0 Å². The predicted octanol–water partition coefficient (Wildman–Crippen LogP) is 1.29. The molecule has 1 N–H and O–H groups in total. The van der Waals surface area contributed by atoms with E-state index >= 15 is 0 Å². The van der Waals surface area contributed by atoms with Gasteiger partial charge in [-0.25, -0.2) is 0 Å². The molecule has 0 atom stereocenters. The van der Waals surface area contributed by atoms with E-state index < -0.39 is 40.7 Å². The fourth-order valence-corrected chi connectivity index (χ4v) is 1.40. The molecule has 0 aliphatic carbocycles. The maximum absolute atomic E-state index is 12.2.